The molecule has 0 radical (unpaired) electrons. The van der Waals surface area contributed by atoms with Crippen molar-refractivity contribution >= 4 is 16.2 Å². The molecule has 0 saturated carbocycles. The largest absolute Gasteiger partial charge is 0.465 e. The average Bonchev–Trinajstić information content (AvgIpc) is 2.78. The molecule has 0 amide bonds. The number of carbonyl (C=O) groups excluding carboxylic acids is 1. The predicted octanol–water partition coefficient (Wildman–Crippen LogP) is -0.771. The fourth-order valence-corrected chi connectivity index (χ4v) is 3.48. The van der Waals surface area contributed by atoms with Crippen LogP contribution in [0.5, 0.6) is 0 Å². The van der Waals surface area contributed by atoms with Crippen LogP contribution in [0.4, 0.5) is 0 Å². The summed E-state index contributed by atoms with van der Waals surface area (Å²) < 4.78 is 32.3. The monoisotopic (exact) mass is 280 g/mol. The molecule has 1 unspecified atom stereocenters. The molecule has 1 saturated heterocycles. The maximum atomic E-state index is 12.0. The van der Waals surface area contributed by atoms with Gasteiger partial charge in [0.1, 0.15) is 6.04 Å². The Bertz CT molecular complexity index is 384. The summed E-state index contributed by atoms with van der Waals surface area (Å²) in [6, 6.07) is -1.34. The van der Waals surface area contributed by atoms with Crippen LogP contribution in [0.15, 0.2) is 0 Å². The Kier molecular flexibility index (Phi) is 5.51. The molecule has 0 aliphatic carbocycles. The van der Waals surface area contributed by atoms with Crippen molar-refractivity contribution in [1.82, 2.24) is 9.03 Å². The number of aliphatic hydroxyl groups is 1. The summed E-state index contributed by atoms with van der Waals surface area (Å²) in [5.74, 6) is -0.517. The van der Waals surface area contributed by atoms with Gasteiger partial charge in [-0.3, -0.25) is 4.79 Å². The molecule has 8 heteroatoms. The van der Waals surface area contributed by atoms with Crippen molar-refractivity contribution in [2.24, 2.45) is 0 Å². The van der Waals surface area contributed by atoms with Crippen molar-refractivity contribution in [2.45, 2.75) is 38.8 Å². The van der Waals surface area contributed by atoms with Gasteiger partial charge in [-0.25, -0.2) is 0 Å². The minimum Gasteiger partial charge on any atom is -0.465 e. The number of nitrogens with one attached hydrogen (secondary N) is 1. The van der Waals surface area contributed by atoms with Gasteiger partial charge in [0.15, 0.2) is 0 Å². The fourth-order valence-electron chi connectivity index (χ4n) is 1.86. The number of hydrogen-bond acceptors (Lipinski definition) is 5. The number of ether oxygens (including phenoxy) is 1. The average molecular weight is 280 g/mol. The lowest BCUT2D eigenvalue weighted by molar-refractivity contribution is -0.146. The van der Waals surface area contributed by atoms with E-state index in [9.17, 15) is 13.2 Å². The Labute approximate surface area is 107 Å². The number of hydrogen-bond donors (Lipinski definition) is 2. The van der Waals surface area contributed by atoms with Gasteiger partial charge in [0.25, 0.3) is 10.2 Å². The minimum atomic E-state index is -3.76. The van der Waals surface area contributed by atoms with E-state index >= 15 is 0 Å². The van der Waals surface area contributed by atoms with Crippen molar-refractivity contribution < 1.29 is 23.1 Å². The highest BCUT2D eigenvalue weighted by molar-refractivity contribution is 7.87. The van der Waals surface area contributed by atoms with Crippen molar-refractivity contribution in [2.75, 3.05) is 19.8 Å². The Morgan fingerprint density at radius 1 is 1.61 bits per heavy atom. The van der Waals surface area contributed by atoms with Crippen LogP contribution in [0.2, 0.25) is 0 Å². The molecular weight excluding hydrogens is 260 g/mol. The van der Waals surface area contributed by atoms with Gasteiger partial charge in [-0.2, -0.15) is 17.4 Å². The Morgan fingerprint density at radius 2 is 2.28 bits per heavy atom. The molecule has 0 bridgehead atoms. The van der Waals surface area contributed by atoms with Crippen molar-refractivity contribution in [3.63, 3.8) is 0 Å². The van der Waals surface area contributed by atoms with Gasteiger partial charge in [-0.15, -0.1) is 0 Å². The number of esters is 1. The van der Waals surface area contributed by atoms with E-state index in [4.69, 9.17) is 9.84 Å². The lowest BCUT2D eigenvalue weighted by Crippen LogP contribution is -2.49. The first-order valence-corrected chi connectivity index (χ1v) is 7.43. The summed E-state index contributed by atoms with van der Waals surface area (Å²) in [6.45, 7) is 3.45. The molecule has 1 aliphatic rings. The number of nitrogens with zero attached hydrogens (tertiary/aromatic N) is 1. The van der Waals surface area contributed by atoms with Gasteiger partial charge >= 0.3 is 5.97 Å². The molecule has 0 aromatic carbocycles. The lowest BCUT2D eigenvalue weighted by Gasteiger charge is -2.24. The molecule has 18 heavy (non-hydrogen) atoms. The first kappa shape index (κ1) is 15.4. The van der Waals surface area contributed by atoms with Crippen molar-refractivity contribution in [1.29, 1.82) is 0 Å². The smallest absolute Gasteiger partial charge is 0.324 e. The van der Waals surface area contributed by atoms with E-state index in [1.807, 2.05) is 0 Å². The molecule has 0 aromatic heterocycles. The second-order valence-electron chi connectivity index (χ2n) is 4.23. The van der Waals surface area contributed by atoms with Gasteiger partial charge in [0.2, 0.25) is 0 Å². The van der Waals surface area contributed by atoms with E-state index in [0.29, 0.717) is 12.8 Å². The SMILES string of the molecule is CCOC(=O)C1CCCN1S(=O)(=O)N[C@@H](C)CO. The number of aliphatic hydroxyl groups excluding tert-OH is 1. The second kappa shape index (κ2) is 6.46. The van der Waals surface area contributed by atoms with E-state index in [1.54, 1.807) is 13.8 Å². The van der Waals surface area contributed by atoms with Gasteiger partial charge in [-0.05, 0) is 26.7 Å². The summed E-state index contributed by atoms with van der Waals surface area (Å²) >= 11 is 0. The summed E-state index contributed by atoms with van der Waals surface area (Å²) in [6.07, 6.45) is 1.09. The molecule has 2 atom stereocenters. The zero-order valence-corrected chi connectivity index (χ0v) is 11.4. The molecule has 0 spiro atoms. The quantitative estimate of drug-likeness (QED) is 0.623. The zero-order valence-electron chi connectivity index (χ0n) is 10.6. The Hall–Kier alpha value is -0.700. The fraction of sp³-hybridized carbons (Fsp3) is 0.900. The first-order chi connectivity index (χ1) is 8.42. The van der Waals surface area contributed by atoms with Crippen molar-refractivity contribution in [3.05, 3.63) is 0 Å². The molecule has 1 rings (SSSR count). The number of rotatable bonds is 6. The second-order valence-corrected chi connectivity index (χ2v) is 5.88. The Morgan fingerprint density at radius 3 is 2.83 bits per heavy atom. The standard InChI is InChI=1S/C10H20N2O5S/c1-3-17-10(14)9-5-4-6-12(9)18(15,16)11-8(2)7-13/h8-9,11,13H,3-7H2,1-2H3/t8-,9?/m0/s1. The van der Waals surface area contributed by atoms with Crippen LogP contribution in [-0.2, 0) is 19.7 Å². The highest BCUT2D eigenvalue weighted by Crippen LogP contribution is 2.21. The van der Waals surface area contributed by atoms with Crippen LogP contribution in [0.1, 0.15) is 26.7 Å². The van der Waals surface area contributed by atoms with Crippen LogP contribution in [0.3, 0.4) is 0 Å². The van der Waals surface area contributed by atoms with Crippen molar-refractivity contribution in [3.8, 4) is 0 Å². The third-order valence-corrected chi connectivity index (χ3v) is 4.45. The van der Waals surface area contributed by atoms with Gasteiger partial charge < -0.3 is 9.84 Å². The molecule has 7 nitrogen and oxygen atoms in total. The molecule has 2 N–H and O–H groups in total. The normalized spacial score (nSPS) is 22.9. The van der Waals surface area contributed by atoms with Crippen LogP contribution in [0.25, 0.3) is 0 Å². The number of carbonyl (C=O) groups is 1. The van der Waals surface area contributed by atoms with E-state index in [-0.39, 0.29) is 19.8 Å². The van der Waals surface area contributed by atoms with Gasteiger partial charge in [0, 0.05) is 12.6 Å². The molecule has 1 fully saturated rings. The third-order valence-electron chi connectivity index (χ3n) is 2.70. The van der Waals surface area contributed by atoms with Crippen LogP contribution in [0, 0.1) is 0 Å². The highest BCUT2D eigenvalue weighted by Gasteiger charge is 2.39. The summed E-state index contributed by atoms with van der Waals surface area (Å²) in [4.78, 5) is 11.7. The summed E-state index contributed by atoms with van der Waals surface area (Å²) in [5, 5.41) is 8.86. The molecule has 106 valence electrons. The molecule has 1 aliphatic heterocycles. The lowest BCUT2D eigenvalue weighted by atomic mass is 10.2. The maximum Gasteiger partial charge on any atom is 0.324 e. The van der Waals surface area contributed by atoms with E-state index in [0.717, 1.165) is 4.31 Å². The highest BCUT2D eigenvalue weighted by atomic mass is 32.2. The van der Waals surface area contributed by atoms with Crippen LogP contribution < -0.4 is 4.72 Å². The minimum absolute atomic E-state index is 0.226. The molecule has 1 heterocycles. The summed E-state index contributed by atoms with van der Waals surface area (Å²) in [7, 11) is -3.76. The maximum absolute atomic E-state index is 12.0. The first-order valence-electron chi connectivity index (χ1n) is 5.99. The molecular formula is C10H20N2O5S. The summed E-state index contributed by atoms with van der Waals surface area (Å²) in [5.41, 5.74) is 0. The van der Waals surface area contributed by atoms with Gasteiger partial charge in [-0.1, -0.05) is 0 Å². The molecule has 0 aromatic rings. The third kappa shape index (κ3) is 3.64. The van der Waals surface area contributed by atoms with Crippen LogP contribution in [-0.4, -0.2) is 55.6 Å². The van der Waals surface area contributed by atoms with E-state index in [1.165, 1.54) is 0 Å². The van der Waals surface area contributed by atoms with Gasteiger partial charge in [0.05, 0.1) is 13.2 Å². The Balaban J connectivity index is 2.77. The zero-order chi connectivity index (χ0) is 13.8. The van der Waals surface area contributed by atoms with E-state index in [2.05, 4.69) is 4.72 Å². The van der Waals surface area contributed by atoms with E-state index < -0.39 is 28.3 Å². The van der Waals surface area contributed by atoms with Crippen LogP contribution >= 0.6 is 0 Å². The topological polar surface area (TPSA) is 95.9 Å². The predicted molar refractivity (Wildman–Crippen MR) is 65.0 cm³/mol.